The molecule has 6 heteroatoms. The first-order chi connectivity index (χ1) is 17.7. The summed E-state index contributed by atoms with van der Waals surface area (Å²) in [7, 11) is 0. The van der Waals surface area contributed by atoms with Gasteiger partial charge in [-0.25, -0.2) is 9.78 Å². The van der Waals surface area contributed by atoms with Crippen LogP contribution in [-0.4, -0.2) is 32.5 Å². The van der Waals surface area contributed by atoms with Crippen molar-refractivity contribution in [2.75, 3.05) is 0 Å². The highest BCUT2D eigenvalue weighted by Gasteiger charge is 2.27. The van der Waals surface area contributed by atoms with Gasteiger partial charge < -0.3 is 9.72 Å². The zero-order valence-electron chi connectivity index (χ0n) is 19.6. The minimum atomic E-state index is -0.944. The number of esters is 1. The van der Waals surface area contributed by atoms with Gasteiger partial charge in [-0.3, -0.25) is 9.36 Å². The van der Waals surface area contributed by atoms with E-state index in [9.17, 15) is 9.59 Å². The van der Waals surface area contributed by atoms with E-state index in [4.69, 9.17) is 4.74 Å². The first-order valence-electron chi connectivity index (χ1n) is 11.9. The standard InChI is InChI=1S/C30H23N3O3/c1-2-27(29(34)33-25-17-9-5-11-19(25)20-12-6-10-18-26(20)33)36-30(35)22-14-4-3-13-21(22)28-31-23-15-7-8-16-24(23)32-28/h3-18,27H,2H2,1H3,(H,31,32). The number of carbonyl (C=O) groups is 2. The quantitative estimate of drug-likeness (QED) is 0.286. The summed E-state index contributed by atoms with van der Waals surface area (Å²) in [5, 5.41) is 1.97. The Bertz CT molecular complexity index is 1680. The Morgan fingerprint density at radius 3 is 2.14 bits per heavy atom. The molecule has 0 radical (unpaired) electrons. The normalized spacial score (nSPS) is 12.2. The molecule has 1 unspecified atom stereocenters. The molecule has 2 heterocycles. The summed E-state index contributed by atoms with van der Waals surface area (Å²) in [5.74, 6) is -0.262. The minimum absolute atomic E-state index is 0.274. The second-order valence-electron chi connectivity index (χ2n) is 8.66. The van der Waals surface area contributed by atoms with E-state index in [1.807, 2.05) is 91.9 Å². The number of imidazole rings is 1. The van der Waals surface area contributed by atoms with Crippen molar-refractivity contribution in [1.82, 2.24) is 14.5 Å². The maximum Gasteiger partial charge on any atom is 0.339 e. The molecule has 0 aliphatic rings. The molecule has 0 saturated carbocycles. The van der Waals surface area contributed by atoms with E-state index in [1.165, 1.54) is 0 Å². The van der Waals surface area contributed by atoms with Crippen LogP contribution in [-0.2, 0) is 4.74 Å². The zero-order valence-corrected chi connectivity index (χ0v) is 19.6. The van der Waals surface area contributed by atoms with Gasteiger partial charge in [0.2, 0.25) is 0 Å². The van der Waals surface area contributed by atoms with Gasteiger partial charge in [-0.05, 0) is 36.8 Å². The van der Waals surface area contributed by atoms with Gasteiger partial charge in [0.25, 0.3) is 5.91 Å². The summed E-state index contributed by atoms with van der Waals surface area (Å²) < 4.78 is 7.52. The number of aromatic amines is 1. The number of ether oxygens (including phenoxy) is 1. The van der Waals surface area contributed by atoms with Crippen LogP contribution in [0.15, 0.2) is 97.1 Å². The average Bonchev–Trinajstić information content (AvgIpc) is 3.51. The van der Waals surface area contributed by atoms with Crippen molar-refractivity contribution in [3.8, 4) is 11.4 Å². The summed E-state index contributed by atoms with van der Waals surface area (Å²) >= 11 is 0. The lowest BCUT2D eigenvalue weighted by atomic mass is 10.1. The molecular weight excluding hydrogens is 450 g/mol. The largest absolute Gasteiger partial charge is 0.449 e. The van der Waals surface area contributed by atoms with Crippen LogP contribution in [0.4, 0.5) is 0 Å². The Labute approximate surface area is 207 Å². The fourth-order valence-electron chi connectivity index (χ4n) is 4.75. The SMILES string of the molecule is CCC(OC(=O)c1ccccc1-c1nc2ccccc2[nH]1)C(=O)n1c2ccccc2c2ccccc21. The van der Waals surface area contributed by atoms with Gasteiger partial charge >= 0.3 is 5.97 Å². The Hall–Kier alpha value is -4.71. The molecule has 6 aromatic rings. The second-order valence-corrected chi connectivity index (χ2v) is 8.66. The van der Waals surface area contributed by atoms with E-state index >= 15 is 0 Å². The third kappa shape index (κ3) is 3.55. The maximum atomic E-state index is 13.8. The van der Waals surface area contributed by atoms with E-state index in [2.05, 4.69) is 9.97 Å². The van der Waals surface area contributed by atoms with E-state index in [-0.39, 0.29) is 5.91 Å². The summed E-state index contributed by atoms with van der Waals surface area (Å²) in [4.78, 5) is 35.1. The molecule has 0 fully saturated rings. The molecule has 6 nitrogen and oxygen atoms in total. The highest BCUT2D eigenvalue weighted by molar-refractivity contribution is 6.14. The first-order valence-corrected chi connectivity index (χ1v) is 11.9. The molecule has 1 N–H and O–H groups in total. The van der Waals surface area contributed by atoms with Crippen LogP contribution >= 0.6 is 0 Å². The molecule has 0 aliphatic carbocycles. The van der Waals surface area contributed by atoms with Gasteiger partial charge in [0.1, 0.15) is 5.82 Å². The number of hydrogen-bond donors (Lipinski definition) is 1. The Morgan fingerprint density at radius 1 is 0.833 bits per heavy atom. The third-order valence-corrected chi connectivity index (χ3v) is 6.49. The smallest absolute Gasteiger partial charge is 0.339 e. The Balaban J connectivity index is 1.36. The zero-order chi connectivity index (χ0) is 24.6. The predicted molar refractivity (Wildman–Crippen MR) is 141 cm³/mol. The molecule has 4 aromatic carbocycles. The summed E-state index contributed by atoms with van der Waals surface area (Å²) in [6, 6.07) is 30.4. The van der Waals surface area contributed by atoms with Crippen LogP contribution < -0.4 is 0 Å². The number of benzene rings is 4. The van der Waals surface area contributed by atoms with Gasteiger partial charge in [-0.15, -0.1) is 0 Å². The Morgan fingerprint density at radius 2 is 1.44 bits per heavy atom. The monoisotopic (exact) mass is 473 g/mol. The molecule has 0 aliphatic heterocycles. The number of carbonyl (C=O) groups excluding carboxylic acids is 2. The van der Waals surface area contributed by atoms with Crippen molar-refractivity contribution in [2.24, 2.45) is 0 Å². The molecule has 36 heavy (non-hydrogen) atoms. The van der Waals surface area contributed by atoms with E-state index < -0.39 is 12.1 Å². The number of H-pyrrole nitrogens is 1. The number of nitrogens with zero attached hydrogens (tertiary/aromatic N) is 2. The summed E-state index contributed by atoms with van der Waals surface area (Å²) in [6.45, 7) is 1.84. The second kappa shape index (κ2) is 8.82. The lowest BCUT2D eigenvalue weighted by Crippen LogP contribution is -2.31. The molecule has 0 spiro atoms. The van der Waals surface area contributed by atoms with Gasteiger partial charge in [-0.2, -0.15) is 0 Å². The van der Waals surface area contributed by atoms with Crippen molar-refractivity contribution in [2.45, 2.75) is 19.4 Å². The molecule has 176 valence electrons. The molecule has 0 amide bonds. The van der Waals surface area contributed by atoms with Crippen LogP contribution in [0.5, 0.6) is 0 Å². The Kier molecular flexibility index (Phi) is 5.34. The lowest BCUT2D eigenvalue weighted by molar-refractivity contribution is 0.0245. The van der Waals surface area contributed by atoms with Gasteiger partial charge in [-0.1, -0.05) is 73.7 Å². The van der Waals surface area contributed by atoms with E-state index in [1.54, 1.807) is 16.7 Å². The summed E-state index contributed by atoms with van der Waals surface area (Å²) in [6.07, 6.45) is -0.599. The number of nitrogens with one attached hydrogen (secondary N) is 1. The van der Waals surface area contributed by atoms with Crippen LogP contribution in [0.1, 0.15) is 28.5 Å². The lowest BCUT2D eigenvalue weighted by Gasteiger charge is -2.18. The maximum absolute atomic E-state index is 13.8. The number of fused-ring (bicyclic) bond motifs is 4. The van der Waals surface area contributed by atoms with E-state index in [0.29, 0.717) is 23.4 Å². The third-order valence-electron chi connectivity index (χ3n) is 6.49. The van der Waals surface area contributed by atoms with Crippen molar-refractivity contribution in [3.05, 3.63) is 103 Å². The van der Waals surface area contributed by atoms with Crippen molar-refractivity contribution < 1.29 is 14.3 Å². The summed E-state index contributed by atoms with van der Waals surface area (Å²) in [5.41, 5.74) is 4.25. The van der Waals surface area contributed by atoms with E-state index in [0.717, 1.165) is 32.8 Å². The number of hydrogen-bond acceptors (Lipinski definition) is 4. The highest BCUT2D eigenvalue weighted by Crippen LogP contribution is 2.30. The predicted octanol–water partition coefficient (Wildman–Crippen LogP) is 6.61. The van der Waals surface area contributed by atoms with Crippen LogP contribution in [0.25, 0.3) is 44.2 Å². The molecule has 1 atom stereocenters. The van der Waals surface area contributed by atoms with Gasteiger partial charge in [0, 0.05) is 16.3 Å². The van der Waals surface area contributed by atoms with Crippen molar-refractivity contribution in [3.63, 3.8) is 0 Å². The first kappa shape index (κ1) is 21.8. The molecule has 2 aromatic heterocycles. The molecular formula is C30H23N3O3. The van der Waals surface area contributed by atoms with Crippen LogP contribution in [0, 0.1) is 0 Å². The number of aromatic nitrogens is 3. The van der Waals surface area contributed by atoms with Crippen LogP contribution in [0.2, 0.25) is 0 Å². The minimum Gasteiger partial charge on any atom is -0.449 e. The van der Waals surface area contributed by atoms with Crippen molar-refractivity contribution >= 4 is 44.7 Å². The van der Waals surface area contributed by atoms with Gasteiger partial charge in [0.15, 0.2) is 6.10 Å². The highest BCUT2D eigenvalue weighted by atomic mass is 16.5. The average molecular weight is 474 g/mol. The fraction of sp³-hybridized carbons (Fsp3) is 0.100. The molecule has 0 bridgehead atoms. The van der Waals surface area contributed by atoms with Crippen molar-refractivity contribution in [1.29, 1.82) is 0 Å². The fourth-order valence-corrected chi connectivity index (χ4v) is 4.75. The number of rotatable bonds is 5. The molecule has 0 saturated heterocycles. The molecule has 6 rings (SSSR count). The van der Waals surface area contributed by atoms with Crippen LogP contribution in [0.3, 0.4) is 0 Å². The van der Waals surface area contributed by atoms with Gasteiger partial charge in [0.05, 0.1) is 27.6 Å². The number of para-hydroxylation sites is 4. The topological polar surface area (TPSA) is 77.0 Å².